The minimum absolute atomic E-state index is 0.0609. The van der Waals surface area contributed by atoms with Gasteiger partial charge in [-0.2, -0.15) is 0 Å². The van der Waals surface area contributed by atoms with Gasteiger partial charge >= 0.3 is 6.03 Å². The number of hydrogen-bond donors (Lipinski definition) is 1. The lowest BCUT2D eigenvalue weighted by atomic mass is 10.1. The molecule has 25 heavy (non-hydrogen) atoms. The highest BCUT2D eigenvalue weighted by Crippen LogP contribution is 2.22. The molecule has 3 aliphatic heterocycles. The zero-order valence-corrected chi connectivity index (χ0v) is 15.5. The van der Waals surface area contributed by atoms with Crippen LogP contribution in [0.2, 0.25) is 0 Å². The Morgan fingerprint density at radius 3 is 2.72 bits per heavy atom. The fourth-order valence-electron chi connectivity index (χ4n) is 3.62. The van der Waals surface area contributed by atoms with Gasteiger partial charge in [0, 0.05) is 44.3 Å². The van der Waals surface area contributed by atoms with Gasteiger partial charge in [0.25, 0.3) is 0 Å². The predicted octanol–water partition coefficient (Wildman–Crippen LogP) is 3.10. The zero-order chi connectivity index (χ0) is 17.6. The number of ether oxygens (including phenoxy) is 1. The van der Waals surface area contributed by atoms with Crippen molar-refractivity contribution in [3.63, 3.8) is 0 Å². The third-order valence-corrected chi connectivity index (χ3v) is 5.27. The first kappa shape index (κ1) is 18.1. The summed E-state index contributed by atoms with van der Waals surface area (Å²) in [6, 6.07) is 8.46. The van der Waals surface area contributed by atoms with E-state index in [0.29, 0.717) is 25.1 Å². The number of nitrogens with one attached hydrogen (secondary N) is 1. The van der Waals surface area contributed by atoms with Gasteiger partial charge in [0.2, 0.25) is 0 Å². The Morgan fingerprint density at radius 2 is 1.96 bits per heavy atom. The molecule has 4 rings (SSSR count). The van der Waals surface area contributed by atoms with Crippen LogP contribution in [-0.4, -0.2) is 54.7 Å². The quantitative estimate of drug-likeness (QED) is 0.862. The molecule has 3 fully saturated rings. The number of fused-ring (bicyclic) bond motifs is 4. The first-order valence-electron chi connectivity index (χ1n) is 9.61. The fraction of sp³-hybridized carbons (Fsp3) is 0.650. The first-order chi connectivity index (χ1) is 12.1. The summed E-state index contributed by atoms with van der Waals surface area (Å²) in [4.78, 5) is 17.2. The van der Waals surface area contributed by atoms with Gasteiger partial charge in [0.15, 0.2) is 0 Å². The lowest BCUT2D eigenvalue weighted by Gasteiger charge is -2.31. The molecule has 0 aromatic heterocycles. The topological polar surface area (TPSA) is 44.8 Å². The van der Waals surface area contributed by atoms with Crippen molar-refractivity contribution in [2.75, 3.05) is 32.8 Å². The molecule has 138 valence electrons. The number of rotatable bonds is 6. The normalized spacial score (nSPS) is 22.8. The second kappa shape index (κ2) is 8.56. The molecule has 1 aromatic rings. The van der Waals surface area contributed by atoms with E-state index in [2.05, 4.69) is 24.1 Å². The van der Waals surface area contributed by atoms with Gasteiger partial charge in [-0.3, -0.25) is 0 Å². The van der Waals surface area contributed by atoms with Crippen molar-refractivity contribution in [2.45, 2.75) is 45.7 Å². The van der Waals surface area contributed by atoms with Crippen LogP contribution < -0.4 is 10.1 Å². The summed E-state index contributed by atoms with van der Waals surface area (Å²) >= 11 is 0. The van der Waals surface area contributed by atoms with E-state index in [1.165, 1.54) is 0 Å². The van der Waals surface area contributed by atoms with Gasteiger partial charge in [0.1, 0.15) is 5.75 Å². The summed E-state index contributed by atoms with van der Waals surface area (Å²) in [5, 5.41) is 3.11. The average molecular weight is 345 g/mol. The molecule has 0 radical (unpaired) electrons. The number of para-hydroxylation sites is 1. The van der Waals surface area contributed by atoms with E-state index in [-0.39, 0.29) is 6.03 Å². The van der Waals surface area contributed by atoms with E-state index in [9.17, 15) is 4.79 Å². The third-order valence-electron chi connectivity index (χ3n) is 5.27. The van der Waals surface area contributed by atoms with Crippen LogP contribution in [0.3, 0.4) is 0 Å². The van der Waals surface area contributed by atoms with Gasteiger partial charge in [-0.1, -0.05) is 32.0 Å². The Labute approximate surface area is 151 Å². The van der Waals surface area contributed by atoms with Crippen LogP contribution in [-0.2, 0) is 6.54 Å². The summed E-state index contributed by atoms with van der Waals surface area (Å²) in [7, 11) is 0. The number of nitrogens with zero attached hydrogens (tertiary/aromatic N) is 2. The third kappa shape index (κ3) is 4.88. The van der Waals surface area contributed by atoms with Crippen LogP contribution in [0.4, 0.5) is 4.79 Å². The summed E-state index contributed by atoms with van der Waals surface area (Å²) in [5.41, 5.74) is 1.04. The Kier molecular flexibility index (Phi) is 6.19. The molecule has 0 saturated carbocycles. The number of hydrogen-bond acceptors (Lipinski definition) is 3. The smallest absolute Gasteiger partial charge is 0.317 e. The van der Waals surface area contributed by atoms with Crippen molar-refractivity contribution in [1.82, 2.24) is 15.1 Å². The second-order valence-electron chi connectivity index (χ2n) is 7.56. The van der Waals surface area contributed by atoms with Crippen LogP contribution in [0.15, 0.2) is 24.3 Å². The van der Waals surface area contributed by atoms with Crippen LogP contribution in [0.25, 0.3) is 0 Å². The lowest BCUT2D eigenvalue weighted by molar-refractivity contribution is 0.170. The Hall–Kier alpha value is -1.75. The molecule has 3 saturated heterocycles. The number of urea groups is 1. The highest BCUT2D eigenvalue weighted by Gasteiger charge is 2.31. The molecule has 0 spiro atoms. The second-order valence-corrected chi connectivity index (χ2v) is 7.56. The molecule has 3 heterocycles. The summed E-state index contributed by atoms with van der Waals surface area (Å²) in [6.07, 6.45) is 3.23. The summed E-state index contributed by atoms with van der Waals surface area (Å²) in [6.45, 7) is 9.71. The van der Waals surface area contributed by atoms with Crippen molar-refractivity contribution >= 4 is 6.03 Å². The maximum absolute atomic E-state index is 12.7. The van der Waals surface area contributed by atoms with E-state index >= 15 is 0 Å². The van der Waals surface area contributed by atoms with Gasteiger partial charge in [-0.05, 0) is 31.2 Å². The van der Waals surface area contributed by atoms with Crippen LogP contribution in [0.5, 0.6) is 5.75 Å². The highest BCUT2D eigenvalue weighted by atomic mass is 16.5. The largest absolute Gasteiger partial charge is 0.493 e. The number of carbonyl (C=O) groups excluding carboxylic acids is 1. The molecular weight excluding hydrogens is 314 g/mol. The molecule has 2 bridgehead atoms. The minimum Gasteiger partial charge on any atom is -0.493 e. The van der Waals surface area contributed by atoms with E-state index < -0.39 is 0 Å². The number of piperidine rings is 1. The molecule has 0 aliphatic carbocycles. The first-order valence-corrected chi connectivity index (χ1v) is 9.61. The Balaban J connectivity index is 1.55. The summed E-state index contributed by atoms with van der Waals surface area (Å²) in [5.74, 6) is 1.51. The van der Waals surface area contributed by atoms with Crippen molar-refractivity contribution in [3.05, 3.63) is 29.8 Å². The maximum Gasteiger partial charge on any atom is 0.317 e. The van der Waals surface area contributed by atoms with Crippen LogP contribution in [0.1, 0.15) is 38.7 Å². The monoisotopic (exact) mass is 345 g/mol. The average Bonchev–Trinajstić information content (AvgIpc) is 2.94. The minimum atomic E-state index is 0.0609. The molecule has 1 N–H and O–H groups in total. The van der Waals surface area contributed by atoms with Gasteiger partial charge in [-0.25, -0.2) is 4.79 Å². The van der Waals surface area contributed by atoms with Crippen molar-refractivity contribution in [1.29, 1.82) is 0 Å². The molecule has 0 atom stereocenters. The standard InChI is InChI=1S/C20H31N3O2/c1-16(2)9-14-25-19-6-4-3-5-17(19)15-21-20(24)23-13-12-22-10-7-18(23)8-11-22/h3-6,16,18H,7-15H2,1-2H3,(H,21,24). The lowest BCUT2D eigenvalue weighted by Crippen LogP contribution is -2.46. The van der Waals surface area contributed by atoms with E-state index in [0.717, 1.165) is 56.8 Å². The van der Waals surface area contributed by atoms with Gasteiger partial charge in [-0.15, -0.1) is 0 Å². The SMILES string of the molecule is CC(C)CCOc1ccccc1CNC(=O)N1CCN2CCC1CC2. The van der Waals surface area contributed by atoms with Crippen molar-refractivity contribution in [3.8, 4) is 5.75 Å². The van der Waals surface area contributed by atoms with Gasteiger partial charge < -0.3 is 19.9 Å². The Bertz CT molecular complexity index is 568. The number of amides is 2. The van der Waals surface area contributed by atoms with E-state index in [1.54, 1.807) is 0 Å². The van der Waals surface area contributed by atoms with Crippen LogP contribution >= 0.6 is 0 Å². The maximum atomic E-state index is 12.7. The molecule has 1 aromatic carbocycles. The molecule has 0 unspecified atom stereocenters. The predicted molar refractivity (Wildman–Crippen MR) is 99.8 cm³/mol. The highest BCUT2D eigenvalue weighted by molar-refractivity contribution is 5.74. The summed E-state index contributed by atoms with van der Waals surface area (Å²) < 4.78 is 5.92. The van der Waals surface area contributed by atoms with Gasteiger partial charge in [0.05, 0.1) is 6.61 Å². The van der Waals surface area contributed by atoms with Crippen LogP contribution in [0, 0.1) is 5.92 Å². The Morgan fingerprint density at radius 1 is 1.20 bits per heavy atom. The van der Waals surface area contributed by atoms with E-state index in [4.69, 9.17) is 4.74 Å². The fourth-order valence-corrected chi connectivity index (χ4v) is 3.62. The zero-order valence-electron chi connectivity index (χ0n) is 15.5. The molecule has 3 aliphatic rings. The molecule has 5 nitrogen and oxygen atoms in total. The van der Waals surface area contributed by atoms with Crippen molar-refractivity contribution < 1.29 is 9.53 Å². The van der Waals surface area contributed by atoms with Crippen molar-refractivity contribution in [2.24, 2.45) is 5.92 Å². The van der Waals surface area contributed by atoms with E-state index in [1.807, 2.05) is 29.2 Å². The molecular formula is C20H31N3O2. The molecule has 5 heteroatoms. The number of carbonyl (C=O) groups is 1. The molecule has 2 amide bonds. The number of benzene rings is 1.